The number of rotatable bonds is 6. The van der Waals surface area contributed by atoms with E-state index >= 15 is 0 Å². The van der Waals surface area contributed by atoms with Crippen LogP contribution in [0.4, 0.5) is 0 Å². The van der Waals surface area contributed by atoms with Crippen molar-refractivity contribution in [3.8, 4) is 0 Å². The lowest BCUT2D eigenvalue weighted by Gasteiger charge is -2.34. The fourth-order valence-corrected chi connectivity index (χ4v) is 6.48. The van der Waals surface area contributed by atoms with Gasteiger partial charge in [-0.15, -0.1) is 11.3 Å². The van der Waals surface area contributed by atoms with Gasteiger partial charge < -0.3 is 9.73 Å². The summed E-state index contributed by atoms with van der Waals surface area (Å²) in [7, 11) is -3.47. The van der Waals surface area contributed by atoms with Gasteiger partial charge in [0.1, 0.15) is 9.79 Å². The molecule has 3 aromatic rings. The summed E-state index contributed by atoms with van der Waals surface area (Å²) in [5.41, 5.74) is 0.674. The molecule has 3 heterocycles. The summed E-state index contributed by atoms with van der Waals surface area (Å²) < 4.78 is 33.4. The van der Waals surface area contributed by atoms with Crippen LogP contribution in [0.5, 0.6) is 0 Å². The molecule has 0 saturated carbocycles. The number of hydrogen-bond acceptors (Lipinski definition) is 5. The Hall–Kier alpha value is -2.16. The van der Waals surface area contributed by atoms with Gasteiger partial charge in [0.25, 0.3) is 15.9 Å². The van der Waals surface area contributed by atoms with Gasteiger partial charge in [-0.3, -0.25) is 4.79 Å². The van der Waals surface area contributed by atoms with Crippen LogP contribution < -0.4 is 5.32 Å². The molecule has 148 valence electrons. The minimum Gasteiger partial charge on any atom is -0.451 e. The van der Waals surface area contributed by atoms with Crippen LogP contribution in [0.15, 0.2) is 56.5 Å². The van der Waals surface area contributed by atoms with Crippen LogP contribution in [0.3, 0.4) is 0 Å². The van der Waals surface area contributed by atoms with Gasteiger partial charge in [-0.2, -0.15) is 4.31 Å². The number of benzene rings is 1. The van der Waals surface area contributed by atoms with Crippen LogP contribution in [0.25, 0.3) is 11.0 Å². The van der Waals surface area contributed by atoms with Crippen LogP contribution in [-0.2, 0) is 10.0 Å². The van der Waals surface area contributed by atoms with E-state index in [-0.39, 0.29) is 17.7 Å². The maximum atomic E-state index is 12.9. The van der Waals surface area contributed by atoms with Gasteiger partial charge in [0.2, 0.25) is 0 Å². The third-order valence-corrected chi connectivity index (χ3v) is 8.37. The van der Waals surface area contributed by atoms with E-state index in [1.807, 2.05) is 24.3 Å². The van der Waals surface area contributed by atoms with Gasteiger partial charge in [-0.1, -0.05) is 30.7 Å². The highest BCUT2D eigenvalue weighted by molar-refractivity contribution is 7.91. The van der Waals surface area contributed by atoms with Gasteiger partial charge >= 0.3 is 0 Å². The molecule has 1 aromatic carbocycles. The van der Waals surface area contributed by atoms with Gasteiger partial charge in [-0.05, 0) is 42.8 Å². The Morgan fingerprint density at radius 3 is 2.86 bits per heavy atom. The van der Waals surface area contributed by atoms with E-state index < -0.39 is 10.0 Å². The summed E-state index contributed by atoms with van der Waals surface area (Å²) in [5, 5.41) is 5.52. The number of piperidine rings is 1. The number of nitrogens with zero attached hydrogens (tertiary/aromatic N) is 1. The molecule has 1 atom stereocenters. The molecule has 0 spiro atoms. The first kappa shape index (κ1) is 19.2. The predicted octanol–water partition coefficient (Wildman–Crippen LogP) is 3.86. The molecule has 28 heavy (non-hydrogen) atoms. The number of sulfonamides is 1. The average molecular weight is 419 g/mol. The number of nitrogens with one attached hydrogen (secondary N) is 1. The minimum absolute atomic E-state index is 0.100. The predicted molar refractivity (Wildman–Crippen MR) is 109 cm³/mol. The number of furan rings is 1. The highest BCUT2D eigenvalue weighted by Crippen LogP contribution is 2.29. The van der Waals surface area contributed by atoms with E-state index in [9.17, 15) is 13.2 Å². The third-order valence-electron chi connectivity index (χ3n) is 5.04. The van der Waals surface area contributed by atoms with Crippen LogP contribution in [-0.4, -0.2) is 37.8 Å². The maximum Gasteiger partial charge on any atom is 0.287 e. The van der Waals surface area contributed by atoms with E-state index in [0.29, 0.717) is 29.3 Å². The minimum atomic E-state index is -3.47. The average Bonchev–Trinajstić information content (AvgIpc) is 3.38. The molecule has 0 aliphatic carbocycles. The van der Waals surface area contributed by atoms with Crippen molar-refractivity contribution in [3.05, 3.63) is 53.6 Å². The molecule has 1 amide bonds. The normalized spacial score (nSPS) is 18.4. The van der Waals surface area contributed by atoms with E-state index in [1.165, 1.54) is 11.3 Å². The van der Waals surface area contributed by atoms with Crippen molar-refractivity contribution in [3.63, 3.8) is 0 Å². The van der Waals surface area contributed by atoms with Gasteiger partial charge in [-0.25, -0.2) is 8.42 Å². The Kier molecular flexibility index (Phi) is 5.52. The Balaban J connectivity index is 1.39. The Labute approximate surface area is 168 Å². The maximum absolute atomic E-state index is 12.9. The summed E-state index contributed by atoms with van der Waals surface area (Å²) in [5.74, 6) is -0.00687. The number of carbonyl (C=O) groups is 1. The smallest absolute Gasteiger partial charge is 0.287 e. The summed E-state index contributed by atoms with van der Waals surface area (Å²) >= 11 is 1.24. The molecule has 1 N–H and O–H groups in total. The topological polar surface area (TPSA) is 79.6 Å². The number of carbonyl (C=O) groups excluding carboxylic acids is 1. The monoisotopic (exact) mass is 418 g/mol. The fourth-order valence-electron chi connectivity index (χ4n) is 3.64. The highest BCUT2D eigenvalue weighted by atomic mass is 32.2. The molecule has 1 aliphatic rings. The van der Waals surface area contributed by atoms with Crippen LogP contribution >= 0.6 is 11.3 Å². The molecule has 4 rings (SSSR count). The van der Waals surface area contributed by atoms with Crippen molar-refractivity contribution in [2.45, 2.75) is 35.9 Å². The van der Waals surface area contributed by atoms with Crippen LogP contribution in [0.2, 0.25) is 0 Å². The van der Waals surface area contributed by atoms with Gasteiger partial charge in [0.15, 0.2) is 5.76 Å². The molecular formula is C20H22N2O4S2. The van der Waals surface area contributed by atoms with E-state index in [0.717, 1.165) is 24.6 Å². The second-order valence-electron chi connectivity index (χ2n) is 6.89. The molecule has 1 saturated heterocycles. The van der Waals surface area contributed by atoms with Crippen molar-refractivity contribution in [2.75, 3.05) is 13.1 Å². The van der Waals surface area contributed by atoms with Crippen molar-refractivity contribution in [1.82, 2.24) is 9.62 Å². The number of fused-ring (bicyclic) bond motifs is 1. The lowest BCUT2D eigenvalue weighted by atomic mass is 10.0. The summed E-state index contributed by atoms with van der Waals surface area (Å²) in [4.78, 5) is 12.4. The van der Waals surface area contributed by atoms with E-state index in [4.69, 9.17) is 4.42 Å². The van der Waals surface area contributed by atoms with Gasteiger partial charge in [0, 0.05) is 24.5 Å². The molecule has 0 radical (unpaired) electrons. The quantitative estimate of drug-likeness (QED) is 0.659. The first-order chi connectivity index (χ1) is 13.6. The zero-order valence-corrected chi connectivity index (χ0v) is 17.0. The van der Waals surface area contributed by atoms with E-state index in [1.54, 1.807) is 27.9 Å². The summed E-state index contributed by atoms with van der Waals surface area (Å²) in [6, 6.07) is 12.5. The zero-order chi connectivity index (χ0) is 19.6. The molecule has 1 aliphatic heterocycles. The number of hydrogen-bond donors (Lipinski definition) is 1. The number of thiophene rings is 1. The lowest BCUT2D eigenvalue weighted by Crippen LogP contribution is -2.44. The second kappa shape index (κ2) is 8.06. The first-order valence-corrected chi connectivity index (χ1v) is 11.7. The molecule has 0 bridgehead atoms. The molecule has 6 nitrogen and oxygen atoms in total. The van der Waals surface area contributed by atoms with Crippen molar-refractivity contribution in [2.24, 2.45) is 0 Å². The number of para-hydroxylation sites is 1. The highest BCUT2D eigenvalue weighted by Gasteiger charge is 2.33. The Morgan fingerprint density at radius 1 is 1.21 bits per heavy atom. The number of amides is 1. The largest absolute Gasteiger partial charge is 0.451 e. The van der Waals surface area contributed by atoms with Crippen molar-refractivity contribution >= 4 is 38.2 Å². The standard InChI is InChI=1S/C20H22N2O4S2/c23-20(18-14-15-6-1-2-8-17(15)26-18)21-11-10-16-7-3-4-12-22(16)28(24,25)19-9-5-13-27-19/h1-2,5-6,8-9,13-14,16H,3-4,7,10-12H2,(H,21,23). The SMILES string of the molecule is O=C(NCCC1CCCCN1S(=O)(=O)c1cccs1)c1cc2ccccc2o1. The summed E-state index contributed by atoms with van der Waals surface area (Å²) in [6.07, 6.45) is 3.26. The molecule has 1 fully saturated rings. The molecule has 8 heteroatoms. The Morgan fingerprint density at radius 2 is 2.07 bits per heavy atom. The van der Waals surface area contributed by atoms with Crippen LogP contribution in [0.1, 0.15) is 36.2 Å². The summed E-state index contributed by atoms with van der Waals surface area (Å²) in [6.45, 7) is 0.930. The molecule has 2 aromatic heterocycles. The zero-order valence-electron chi connectivity index (χ0n) is 15.3. The third kappa shape index (κ3) is 3.85. The first-order valence-electron chi connectivity index (χ1n) is 9.38. The van der Waals surface area contributed by atoms with Crippen molar-refractivity contribution in [1.29, 1.82) is 0 Å². The Bertz CT molecular complexity index is 1020. The molecule has 1 unspecified atom stereocenters. The fraction of sp³-hybridized carbons (Fsp3) is 0.350. The second-order valence-corrected chi connectivity index (χ2v) is 9.96. The lowest BCUT2D eigenvalue weighted by molar-refractivity contribution is 0.0924. The van der Waals surface area contributed by atoms with Crippen LogP contribution in [0, 0.1) is 0 Å². The van der Waals surface area contributed by atoms with E-state index in [2.05, 4.69) is 5.32 Å². The molecular weight excluding hydrogens is 396 g/mol. The van der Waals surface area contributed by atoms with Crippen molar-refractivity contribution < 1.29 is 17.6 Å². The van der Waals surface area contributed by atoms with Gasteiger partial charge in [0.05, 0.1) is 0 Å².